The van der Waals surface area contributed by atoms with E-state index >= 15 is 0 Å². The van der Waals surface area contributed by atoms with Gasteiger partial charge in [-0.15, -0.1) is 5.10 Å². The van der Waals surface area contributed by atoms with E-state index in [0.717, 1.165) is 55.9 Å². The Kier molecular flexibility index (Phi) is 4.37. The molecule has 0 unspecified atom stereocenters. The summed E-state index contributed by atoms with van der Waals surface area (Å²) in [5, 5.41) is 13.3. The van der Waals surface area contributed by atoms with Gasteiger partial charge in [-0.25, -0.2) is 4.98 Å². The van der Waals surface area contributed by atoms with Crippen LogP contribution in [0.15, 0.2) is 12.1 Å². The smallest absolute Gasteiger partial charge is 0.183 e. The lowest BCUT2D eigenvalue weighted by Crippen LogP contribution is -2.50. The minimum atomic E-state index is 0.0465. The first kappa shape index (κ1) is 16.7. The van der Waals surface area contributed by atoms with Gasteiger partial charge in [0.2, 0.25) is 0 Å². The van der Waals surface area contributed by atoms with E-state index < -0.39 is 0 Å². The standard InChI is InChI=1S/C18H25N5OS/c1-18(2,3)15-4-5-16(22-21-15)23-9-12(10-23)8-19-17-20-13-6-7-24-11-14(13)25-17/h4-5,12H,6-11H2,1-3H3,(H,19,20). The van der Waals surface area contributed by atoms with Gasteiger partial charge in [-0.1, -0.05) is 32.1 Å². The molecule has 4 heterocycles. The first-order chi connectivity index (χ1) is 12.0. The zero-order valence-corrected chi connectivity index (χ0v) is 15.9. The Labute approximate surface area is 152 Å². The summed E-state index contributed by atoms with van der Waals surface area (Å²) in [5.74, 6) is 1.60. The molecule has 4 rings (SSSR count). The zero-order valence-electron chi connectivity index (χ0n) is 15.1. The zero-order chi connectivity index (χ0) is 17.4. The maximum Gasteiger partial charge on any atom is 0.183 e. The van der Waals surface area contributed by atoms with Crippen molar-refractivity contribution in [2.45, 2.75) is 39.2 Å². The summed E-state index contributed by atoms with van der Waals surface area (Å²) >= 11 is 1.73. The second-order valence-corrected chi connectivity index (χ2v) is 8.95. The molecule has 2 aliphatic rings. The van der Waals surface area contributed by atoms with Crippen molar-refractivity contribution in [3.63, 3.8) is 0 Å². The molecule has 1 fully saturated rings. The molecule has 0 aliphatic carbocycles. The van der Waals surface area contributed by atoms with Crippen LogP contribution in [0.3, 0.4) is 0 Å². The van der Waals surface area contributed by atoms with Crippen molar-refractivity contribution in [2.75, 3.05) is 36.5 Å². The summed E-state index contributed by atoms with van der Waals surface area (Å²) in [4.78, 5) is 8.24. The van der Waals surface area contributed by atoms with E-state index in [-0.39, 0.29) is 5.41 Å². The lowest BCUT2D eigenvalue weighted by molar-refractivity contribution is 0.112. The largest absolute Gasteiger partial charge is 0.375 e. The summed E-state index contributed by atoms with van der Waals surface area (Å²) in [6.07, 6.45) is 0.938. The van der Waals surface area contributed by atoms with Gasteiger partial charge in [0.15, 0.2) is 10.9 Å². The number of anilines is 2. The third-order valence-electron chi connectivity index (χ3n) is 4.74. The van der Waals surface area contributed by atoms with Crippen LogP contribution in [0.1, 0.15) is 37.0 Å². The molecule has 0 radical (unpaired) electrons. The molecule has 2 aliphatic heterocycles. The van der Waals surface area contributed by atoms with E-state index in [2.05, 4.69) is 58.3 Å². The van der Waals surface area contributed by atoms with Crippen molar-refractivity contribution in [3.8, 4) is 0 Å². The molecule has 2 aromatic heterocycles. The van der Waals surface area contributed by atoms with E-state index in [9.17, 15) is 0 Å². The summed E-state index contributed by atoms with van der Waals surface area (Å²) in [7, 11) is 0. The molecule has 7 heteroatoms. The number of ether oxygens (including phenoxy) is 1. The quantitative estimate of drug-likeness (QED) is 0.906. The van der Waals surface area contributed by atoms with Gasteiger partial charge >= 0.3 is 0 Å². The number of hydrogen-bond donors (Lipinski definition) is 1. The van der Waals surface area contributed by atoms with Crippen molar-refractivity contribution < 1.29 is 4.74 Å². The highest BCUT2D eigenvalue weighted by atomic mass is 32.1. The van der Waals surface area contributed by atoms with E-state index in [0.29, 0.717) is 5.92 Å². The number of nitrogens with zero attached hydrogens (tertiary/aromatic N) is 4. The van der Waals surface area contributed by atoms with Crippen LogP contribution in [0.25, 0.3) is 0 Å². The molecule has 134 valence electrons. The third-order valence-corrected chi connectivity index (χ3v) is 5.77. The molecule has 0 aromatic carbocycles. The highest BCUT2D eigenvalue weighted by molar-refractivity contribution is 7.15. The number of rotatable bonds is 4. The van der Waals surface area contributed by atoms with Gasteiger partial charge in [0.1, 0.15) is 0 Å². The van der Waals surface area contributed by atoms with Crippen LogP contribution in [0.5, 0.6) is 0 Å². The summed E-state index contributed by atoms with van der Waals surface area (Å²) in [6, 6.07) is 4.18. The lowest BCUT2D eigenvalue weighted by Gasteiger charge is -2.40. The number of hydrogen-bond acceptors (Lipinski definition) is 7. The molecule has 0 bridgehead atoms. The Morgan fingerprint density at radius 1 is 1.28 bits per heavy atom. The maximum absolute atomic E-state index is 5.48. The van der Waals surface area contributed by atoms with E-state index in [1.165, 1.54) is 10.6 Å². The van der Waals surface area contributed by atoms with Crippen molar-refractivity contribution >= 4 is 22.3 Å². The minimum Gasteiger partial charge on any atom is -0.375 e. The molecule has 0 spiro atoms. The average Bonchev–Trinajstić information content (AvgIpc) is 2.96. The Bertz CT molecular complexity index is 707. The first-order valence-electron chi connectivity index (χ1n) is 8.88. The minimum absolute atomic E-state index is 0.0465. The number of nitrogens with one attached hydrogen (secondary N) is 1. The van der Waals surface area contributed by atoms with Crippen LogP contribution in [0.4, 0.5) is 10.9 Å². The summed E-state index contributed by atoms with van der Waals surface area (Å²) in [6.45, 7) is 11.0. The topological polar surface area (TPSA) is 63.2 Å². The van der Waals surface area contributed by atoms with Crippen LogP contribution in [-0.2, 0) is 23.2 Å². The fraction of sp³-hybridized carbons (Fsp3) is 0.611. The second-order valence-electron chi connectivity index (χ2n) is 7.87. The number of aromatic nitrogens is 3. The predicted octanol–water partition coefficient (Wildman–Crippen LogP) is 2.85. The summed E-state index contributed by atoms with van der Waals surface area (Å²) in [5.41, 5.74) is 2.29. The van der Waals surface area contributed by atoms with Crippen LogP contribution in [0, 0.1) is 5.92 Å². The molecular formula is C18H25N5OS. The second kappa shape index (κ2) is 6.53. The van der Waals surface area contributed by atoms with E-state index in [1.54, 1.807) is 11.3 Å². The van der Waals surface area contributed by atoms with Gasteiger partial charge in [-0.3, -0.25) is 0 Å². The van der Waals surface area contributed by atoms with Crippen LogP contribution in [0.2, 0.25) is 0 Å². The van der Waals surface area contributed by atoms with Gasteiger partial charge in [-0.2, -0.15) is 5.10 Å². The highest BCUT2D eigenvalue weighted by Crippen LogP contribution is 2.29. The molecule has 25 heavy (non-hydrogen) atoms. The molecule has 0 amide bonds. The van der Waals surface area contributed by atoms with Crippen LogP contribution in [-0.4, -0.2) is 41.4 Å². The van der Waals surface area contributed by atoms with Crippen molar-refractivity contribution in [1.82, 2.24) is 15.2 Å². The molecule has 6 nitrogen and oxygen atoms in total. The Morgan fingerprint density at radius 2 is 2.12 bits per heavy atom. The van der Waals surface area contributed by atoms with Gasteiger partial charge in [0.25, 0.3) is 0 Å². The van der Waals surface area contributed by atoms with Crippen molar-refractivity contribution in [3.05, 3.63) is 28.4 Å². The average molecular weight is 359 g/mol. The van der Waals surface area contributed by atoms with Gasteiger partial charge in [0, 0.05) is 37.4 Å². The van der Waals surface area contributed by atoms with E-state index in [4.69, 9.17) is 4.74 Å². The van der Waals surface area contributed by atoms with Gasteiger partial charge < -0.3 is 15.0 Å². The lowest BCUT2D eigenvalue weighted by atomic mass is 9.92. The Hall–Kier alpha value is -1.73. The fourth-order valence-electron chi connectivity index (χ4n) is 3.11. The van der Waals surface area contributed by atoms with Crippen molar-refractivity contribution in [1.29, 1.82) is 0 Å². The van der Waals surface area contributed by atoms with Gasteiger partial charge in [-0.05, 0) is 12.1 Å². The Balaban J connectivity index is 1.27. The molecule has 0 saturated carbocycles. The normalized spacial score (nSPS) is 18.0. The van der Waals surface area contributed by atoms with Crippen molar-refractivity contribution in [2.24, 2.45) is 5.92 Å². The predicted molar refractivity (Wildman–Crippen MR) is 100 cm³/mol. The first-order valence-corrected chi connectivity index (χ1v) is 9.70. The van der Waals surface area contributed by atoms with E-state index in [1.807, 2.05) is 0 Å². The number of fused-ring (bicyclic) bond motifs is 1. The highest BCUT2D eigenvalue weighted by Gasteiger charge is 2.28. The van der Waals surface area contributed by atoms with Gasteiger partial charge in [0.05, 0.1) is 29.5 Å². The summed E-state index contributed by atoms with van der Waals surface area (Å²) < 4.78 is 5.48. The Morgan fingerprint density at radius 3 is 2.80 bits per heavy atom. The SMILES string of the molecule is CC(C)(C)c1ccc(N2CC(CNc3nc4c(s3)COCC4)C2)nn1. The van der Waals surface area contributed by atoms with Crippen LogP contribution >= 0.6 is 11.3 Å². The molecular weight excluding hydrogens is 334 g/mol. The molecule has 0 atom stereocenters. The molecule has 2 aromatic rings. The molecule has 1 saturated heterocycles. The fourth-order valence-corrected chi connectivity index (χ4v) is 4.06. The monoisotopic (exact) mass is 359 g/mol. The maximum atomic E-state index is 5.48. The molecule has 1 N–H and O–H groups in total. The van der Waals surface area contributed by atoms with Crippen LogP contribution < -0.4 is 10.2 Å². The third kappa shape index (κ3) is 3.62. The number of thiazole rings is 1.